The molecule has 0 atom stereocenters. The van der Waals surface area contributed by atoms with E-state index in [1.807, 2.05) is 24.3 Å². The predicted octanol–water partition coefficient (Wildman–Crippen LogP) is 3.58. The fourth-order valence-corrected chi connectivity index (χ4v) is 2.92. The molecule has 1 aromatic carbocycles. The molecule has 0 saturated heterocycles. The number of benzene rings is 1. The van der Waals surface area contributed by atoms with Crippen LogP contribution < -0.4 is 10.1 Å². The topological polar surface area (TPSA) is 88.5 Å². The predicted molar refractivity (Wildman–Crippen MR) is 97.2 cm³/mol. The Morgan fingerprint density at radius 2 is 2.00 bits per heavy atom. The first-order valence-corrected chi connectivity index (χ1v) is 9.17. The molecule has 0 aliphatic rings. The first-order valence-electron chi connectivity index (χ1n) is 8.29. The number of carbonyl (C=O) groups is 2. The maximum absolute atomic E-state index is 12.1. The maximum atomic E-state index is 12.1. The van der Waals surface area contributed by atoms with Crippen LogP contribution in [0.15, 0.2) is 29.6 Å². The van der Waals surface area contributed by atoms with Gasteiger partial charge in [-0.25, -0.2) is 4.98 Å². The number of rotatable bonds is 10. The molecule has 1 amide bonds. The third-order valence-corrected chi connectivity index (χ3v) is 4.31. The fraction of sp³-hybridized carbons (Fsp3) is 0.389. The lowest BCUT2D eigenvalue weighted by atomic mass is 10.2. The van der Waals surface area contributed by atoms with E-state index < -0.39 is 5.97 Å². The number of hydrogen-bond acceptors (Lipinski definition) is 5. The van der Waals surface area contributed by atoms with Crippen LogP contribution in [0, 0.1) is 0 Å². The summed E-state index contributed by atoms with van der Waals surface area (Å²) in [6, 6.07) is 7.65. The Bertz CT molecular complexity index is 697. The molecule has 134 valence electrons. The average Bonchev–Trinajstić information content (AvgIpc) is 3.10. The Labute approximate surface area is 150 Å². The minimum Gasteiger partial charge on any atom is -0.494 e. The molecular weight excluding hydrogens is 340 g/mol. The Morgan fingerprint density at radius 1 is 1.24 bits per heavy atom. The van der Waals surface area contributed by atoms with Crippen molar-refractivity contribution in [3.63, 3.8) is 0 Å². The van der Waals surface area contributed by atoms with Crippen molar-refractivity contribution < 1.29 is 19.4 Å². The normalized spacial score (nSPS) is 10.4. The number of nitrogens with one attached hydrogen (secondary N) is 1. The van der Waals surface area contributed by atoms with E-state index in [9.17, 15) is 9.59 Å². The quantitative estimate of drug-likeness (QED) is 0.631. The van der Waals surface area contributed by atoms with Crippen LogP contribution in [0.3, 0.4) is 0 Å². The van der Waals surface area contributed by atoms with Crippen molar-refractivity contribution in [2.24, 2.45) is 0 Å². The number of carboxylic acid groups (broad SMARTS) is 1. The molecule has 2 aromatic rings. The van der Waals surface area contributed by atoms with Gasteiger partial charge in [-0.3, -0.25) is 9.59 Å². The largest absolute Gasteiger partial charge is 0.494 e. The summed E-state index contributed by atoms with van der Waals surface area (Å²) < 4.78 is 5.55. The van der Waals surface area contributed by atoms with E-state index >= 15 is 0 Å². The van der Waals surface area contributed by atoms with E-state index in [-0.39, 0.29) is 12.3 Å². The third-order valence-electron chi connectivity index (χ3n) is 3.41. The molecule has 2 rings (SSSR count). The van der Waals surface area contributed by atoms with E-state index in [2.05, 4.69) is 17.2 Å². The molecule has 2 N–H and O–H groups in total. The van der Waals surface area contributed by atoms with Crippen molar-refractivity contribution in [3.8, 4) is 16.3 Å². The van der Waals surface area contributed by atoms with Crippen LogP contribution in [0.25, 0.3) is 10.6 Å². The van der Waals surface area contributed by atoms with Gasteiger partial charge in [-0.05, 0) is 43.5 Å². The van der Waals surface area contributed by atoms with Crippen LogP contribution in [0.2, 0.25) is 0 Å². The lowest BCUT2D eigenvalue weighted by Crippen LogP contribution is -2.24. The van der Waals surface area contributed by atoms with E-state index in [1.165, 1.54) is 11.3 Å². The first-order chi connectivity index (χ1) is 12.1. The zero-order chi connectivity index (χ0) is 18.1. The first kappa shape index (κ1) is 18.9. The zero-order valence-corrected chi connectivity index (χ0v) is 15.0. The number of amides is 1. The Kier molecular flexibility index (Phi) is 7.40. The van der Waals surface area contributed by atoms with E-state index in [0.717, 1.165) is 22.7 Å². The molecule has 0 aliphatic heterocycles. The van der Waals surface area contributed by atoms with Crippen LogP contribution in [-0.2, 0) is 4.79 Å². The summed E-state index contributed by atoms with van der Waals surface area (Å²) in [6.45, 7) is 3.19. The summed E-state index contributed by atoms with van der Waals surface area (Å²) in [7, 11) is 0. The van der Waals surface area contributed by atoms with Crippen LogP contribution in [-0.4, -0.2) is 35.1 Å². The Morgan fingerprint density at radius 3 is 2.68 bits per heavy atom. The van der Waals surface area contributed by atoms with Crippen molar-refractivity contribution >= 4 is 23.2 Å². The van der Waals surface area contributed by atoms with Crippen molar-refractivity contribution in [1.82, 2.24) is 10.3 Å². The molecular formula is C18H22N2O4S. The number of ether oxygens (including phenoxy) is 1. The van der Waals surface area contributed by atoms with Gasteiger partial charge >= 0.3 is 5.97 Å². The lowest BCUT2D eigenvalue weighted by molar-refractivity contribution is -0.137. The molecule has 0 saturated carbocycles. The van der Waals surface area contributed by atoms with Crippen LogP contribution >= 0.6 is 11.3 Å². The van der Waals surface area contributed by atoms with E-state index in [0.29, 0.717) is 31.7 Å². The molecule has 1 heterocycles. The van der Waals surface area contributed by atoms with Gasteiger partial charge in [-0.1, -0.05) is 6.92 Å². The van der Waals surface area contributed by atoms with Crippen LogP contribution in [0.4, 0.5) is 0 Å². The van der Waals surface area contributed by atoms with Gasteiger partial charge in [-0.15, -0.1) is 11.3 Å². The Balaban J connectivity index is 1.86. The SMILES string of the molecule is CCCOc1ccc(-c2nc(C(=O)NCCCCC(=O)O)cs2)cc1. The summed E-state index contributed by atoms with van der Waals surface area (Å²) in [5.41, 5.74) is 1.32. The third kappa shape index (κ3) is 6.19. The highest BCUT2D eigenvalue weighted by molar-refractivity contribution is 7.13. The van der Waals surface area contributed by atoms with Crippen molar-refractivity contribution in [3.05, 3.63) is 35.3 Å². The number of nitrogens with zero attached hydrogens (tertiary/aromatic N) is 1. The van der Waals surface area contributed by atoms with Gasteiger partial charge in [0.1, 0.15) is 16.5 Å². The average molecular weight is 362 g/mol. The van der Waals surface area contributed by atoms with Gasteiger partial charge in [0.25, 0.3) is 5.91 Å². The summed E-state index contributed by atoms with van der Waals surface area (Å²) >= 11 is 1.41. The summed E-state index contributed by atoms with van der Waals surface area (Å²) in [5.74, 6) is -0.233. The highest BCUT2D eigenvalue weighted by atomic mass is 32.1. The molecule has 0 unspecified atom stereocenters. The van der Waals surface area contributed by atoms with Crippen molar-refractivity contribution in [2.45, 2.75) is 32.6 Å². The highest BCUT2D eigenvalue weighted by Crippen LogP contribution is 2.25. The van der Waals surface area contributed by atoms with Gasteiger partial charge in [-0.2, -0.15) is 0 Å². The summed E-state index contributed by atoms with van der Waals surface area (Å²) in [5, 5.41) is 13.8. The van der Waals surface area contributed by atoms with E-state index in [1.54, 1.807) is 5.38 Å². The monoisotopic (exact) mass is 362 g/mol. The van der Waals surface area contributed by atoms with Gasteiger partial charge in [0.2, 0.25) is 0 Å². The minimum atomic E-state index is -0.818. The van der Waals surface area contributed by atoms with Gasteiger partial charge in [0.15, 0.2) is 0 Å². The van der Waals surface area contributed by atoms with Crippen molar-refractivity contribution in [1.29, 1.82) is 0 Å². The molecule has 0 aliphatic carbocycles. The number of carboxylic acids is 1. The summed E-state index contributed by atoms with van der Waals surface area (Å²) in [6.07, 6.45) is 2.26. The van der Waals surface area contributed by atoms with Gasteiger partial charge < -0.3 is 15.2 Å². The van der Waals surface area contributed by atoms with Crippen LogP contribution in [0.1, 0.15) is 43.1 Å². The minimum absolute atomic E-state index is 0.120. The Hall–Kier alpha value is -2.41. The number of carbonyl (C=O) groups excluding carboxylic acids is 1. The number of hydrogen-bond donors (Lipinski definition) is 2. The number of thiazole rings is 1. The molecule has 7 heteroatoms. The molecule has 0 fully saturated rings. The van der Waals surface area contributed by atoms with Crippen molar-refractivity contribution in [2.75, 3.05) is 13.2 Å². The number of unbranched alkanes of at least 4 members (excludes halogenated alkanes) is 1. The number of aromatic nitrogens is 1. The number of aliphatic carboxylic acids is 1. The van der Waals surface area contributed by atoms with Gasteiger partial charge in [0, 0.05) is 23.9 Å². The molecule has 1 aromatic heterocycles. The standard InChI is InChI=1S/C18H22N2O4S/c1-2-11-24-14-8-6-13(7-9-14)18-20-15(12-25-18)17(23)19-10-4-3-5-16(21)22/h6-9,12H,2-5,10-11H2,1H3,(H,19,23)(H,21,22). The molecule has 0 spiro atoms. The van der Waals surface area contributed by atoms with Crippen LogP contribution in [0.5, 0.6) is 5.75 Å². The lowest BCUT2D eigenvalue weighted by Gasteiger charge is -2.04. The smallest absolute Gasteiger partial charge is 0.303 e. The molecule has 0 bridgehead atoms. The molecule has 0 radical (unpaired) electrons. The highest BCUT2D eigenvalue weighted by Gasteiger charge is 2.11. The summed E-state index contributed by atoms with van der Waals surface area (Å²) in [4.78, 5) is 26.9. The fourth-order valence-electron chi connectivity index (χ4n) is 2.12. The molecule has 25 heavy (non-hydrogen) atoms. The maximum Gasteiger partial charge on any atom is 0.303 e. The molecule has 6 nitrogen and oxygen atoms in total. The second-order valence-corrected chi connectivity index (χ2v) is 6.38. The van der Waals surface area contributed by atoms with E-state index in [4.69, 9.17) is 9.84 Å². The second-order valence-electron chi connectivity index (χ2n) is 5.52. The zero-order valence-electron chi connectivity index (χ0n) is 14.2. The second kappa shape index (κ2) is 9.78. The van der Waals surface area contributed by atoms with Gasteiger partial charge in [0.05, 0.1) is 6.61 Å².